The van der Waals surface area contributed by atoms with Crippen LogP contribution in [0.1, 0.15) is 5.69 Å². The number of sulfonamides is 1. The Hall–Kier alpha value is -1.67. The lowest BCUT2D eigenvalue weighted by Crippen LogP contribution is -2.14. The average molecular weight is 287 g/mol. The smallest absolute Gasteiger partial charge is 0.266 e. The minimum atomic E-state index is -3.98. The van der Waals surface area contributed by atoms with E-state index >= 15 is 0 Å². The number of anilines is 2. The second-order valence-corrected chi connectivity index (χ2v) is 6.10. The Balaban J connectivity index is 2.36. The van der Waals surface area contributed by atoms with Crippen LogP contribution in [0.5, 0.6) is 0 Å². The molecule has 0 bridgehead atoms. The maximum atomic E-state index is 13.5. The molecule has 1 aromatic heterocycles. The summed E-state index contributed by atoms with van der Waals surface area (Å²) in [6, 6.07) is 3.40. The molecule has 2 aromatic rings. The van der Waals surface area contributed by atoms with Crippen LogP contribution < -0.4 is 10.5 Å². The predicted molar refractivity (Wildman–Crippen MR) is 68.5 cm³/mol. The van der Waals surface area contributed by atoms with Gasteiger partial charge in [0.1, 0.15) is 10.7 Å². The maximum absolute atomic E-state index is 13.5. The Morgan fingerprint density at radius 3 is 2.72 bits per heavy atom. The third-order valence-corrected chi connectivity index (χ3v) is 4.46. The largest absolute Gasteiger partial charge is 0.399 e. The Morgan fingerprint density at radius 1 is 1.44 bits per heavy atom. The van der Waals surface area contributed by atoms with Crippen molar-refractivity contribution in [1.82, 2.24) is 4.98 Å². The minimum absolute atomic E-state index is 0.163. The Kier molecular flexibility index (Phi) is 3.22. The van der Waals surface area contributed by atoms with E-state index in [1.54, 1.807) is 12.3 Å². The first-order chi connectivity index (χ1) is 8.38. The standard InChI is InChI=1S/C10H10FN3O2S2/c1-6-5-17-10(13-6)14-18(15,16)9-3-2-7(12)4-8(9)11/h2-5H,12H2,1H3,(H,13,14). The highest BCUT2D eigenvalue weighted by Gasteiger charge is 2.20. The second kappa shape index (κ2) is 4.54. The van der Waals surface area contributed by atoms with Gasteiger partial charge in [0.25, 0.3) is 10.0 Å². The fourth-order valence-corrected chi connectivity index (χ4v) is 3.31. The Bertz CT molecular complexity index is 682. The molecule has 2 rings (SSSR count). The van der Waals surface area contributed by atoms with E-state index in [2.05, 4.69) is 9.71 Å². The monoisotopic (exact) mass is 287 g/mol. The Labute approximate surface area is 108 Å². The summed E-state index contributed by atoms with van der Waals surface area (Å²) in [5.41, 5.74) is 6.21. The van der Waals surface area contributed by atoms with Crippen LogP contribution in [-0.2, 0) is 10.0 Å². The van der Waals surface area contributed by atoms with Crippen LogP contribution in [0.15, 0.2) is 28.5 Å². The van der Waals surface area contributed by atoms with Crippen molar-refractivity contribution in [1.29, 1.82) is 0 Å². The first-order valence-electron chi connectivity index (χ1n) is 4.88. The van der Waals surface area contributed by atoms with Gasteiger partial charge in [0.2, 0.25) is 0 Å². The van der Waals surface area contributed by atoms with Crippen molar-refractivity contribution in [2.75, 3.05) is 10.5 Å². The normalized spacial score (nSPS) is 11.4. The molecule has 1 heterocycles. The number of aryl methyl sites for hydroxylation is 1. The van der Waals surface area contributed by atoms with Gasteiger partial charge in [-0.05, 0) is 25.1 Å². The number of rotatable bonds is 3. The third kappa shape index (κ3) is 2.59. The summed E-state index contributed by atoms with van der Waals surface area (Å²) in [6.45, 7) is 1.73. The van der Waals surface area contributed by atoms with E-state index in [1.807, 2.05) is 0 Å². The molecule has 18 heavy (non-hydrogen) atoms. The fourth-order valence-electron chi connectivity index (χ4n) is 1.31. The molecule has 0 saturated carbocycles. The van der Waals surface area contributed by atoms with Gasteiger partial charge in [0, 0.05) is 11.1 Å². The number of nitrogen functional groups attached to an aromatic ring is 1. The molecule has 0 aliphatic carbocycles. The zero-order chi connectivity index (χ0) is 13.3. The molecule has 96 valence electrons. The van der Waals surface area contributed by atoms with Crippen molar-refractivity contribution in [2.45, 2.75) is 11.8 Å². The van der Waals surface area contributed by atoms with Crippen molar-refractivity contribution in [2.24, 2.45) is 0 Å². The Morgan fingerprint density at radius 2 is 2.17 bits per heavy atom. The lowest BCUT2D eigenvalue weighted by molar-refractivity contribution is 0.571. The van der Waals surface area contributed by atoms with Gasteiger partial charge in [0.15, 0.2) is 5.13 Å². The van der Waals surface area contributed by atoms with Gasteiger partial charge in [-0.15, -0.1) is 11.3 Å². The molecular formula is C10H10FN3O2S2. The lowest BCUT2D eigenvalue weighted by atomic mass is 10.3. The summed E-state index contributed by atoms with van der Waals surface area (Å²) in [7, 11) is -3.98. The van der Waals surface area contributed by atoms with Crippen molar-refractivity contribution in [3.8, 4) is 0 Å². The molecule has 0 aliphatic heterocycles. The van der Waals surface area contributed by atoms with E-state index in [0.717, 1.165) is 23.5 Å². The van der Waals surface area contributed by atoms with Gasteiger partial charge in [0.05, 0.1) is 5.69 Å². The zero-order valence-corrected chi connectivity index (χ0v) is 11.0. The summed E-state index contributed by atoms with van der Waals surface area (Å²) < 4.78 is 39.6. The summed E-state index contributed by atoms with van der Waals surface area (Å²) in [4.78, 5) is 3.50. The van der Waals surface area contributed by atoms with Crippen LogP contribution in [0, 0.1) is 12.7 Å². The molecule has 8 heteroatoms. The highest BCUT2D eigenvalue weighted by molar-refractivity contribution is 7.93. The summed E-state index contributed by atoms with van der Waals surface area (Å²) in [5, 5.41) is 1.89. The molecule has 0 fully saturated rings. The molecule has 0 atom stereocenters. The zero-order valence-electron chi connectivity index (χ0n) is 9.34. The van der Waals surface area contributed by atoms with E-state index in [9.17, 15) is 12.8 Å². The number of benzene rings is 1. The fraction of sp³-hybridized carbons (Fsp3) is 0.100. The number of hydrogen-bond donors (Lipinski definition) is 2. The molecule has 5 nitrogen and oxygen atoms in total. The number of halogens is 1. The van der Waals surface area contributed by atoms with Gasteiger partial charge in [-0.1, -0.05) is 0 Å². The van der Waals surface area contributed by atoms with Crippen LogP contribution in [0.25, 0.3) is 0 Å². The molecule has 0 amide bonds. The first kappa shape index (κ1) is 12.8. The number of nitrogens with one attached hydrogen (secondary N) is 1. The van der Waals surface area contributed by atoms with E-state index in [1.165, 1.54) is 6.07 Å². The highest BCUT2D eigenvalue weighted by Crippen LogP contribution is 2.22. The van der Waals surface area contributed by atoms with E-state index in [-0.39, 0.29) is 10.8 Å². The average Bonchev–Trinajstić information content (AvgIpc) is 2.62. The molecule has 1 aromatic carbocycles. The van der Waals surface area contributed by atoms with Crippen molar-refractivity contribution in [3.05, 3.63) is 35.1 Å². The number of aromatic nitrogens is 1. The topological polar surface area (TPSA) is 85.1 Å². The van der Waals surface area contributed by atoms with E-state index < -0.39 is 20.7 Å². The second-order valence-electron chi connectivity index (χ2n) is 3.59. The number of nitrogens with two attached hydrogens (primary N) is 1. The number of nitrogens with zero attached hydrogens (tertiary/aromatic N) is 1. The number of hydrogen-bond acceptors (Lipinski definition) is 5. The minimum Gasteiger partial charge on any atom is -0.399 e. The molecule has 0 saturated heterocycles. The van der Waals surface area contributed by atoms with Crippen molar-refractivity contribution in [3.63, 3.8) is 0 Å². The maximum Gasteiger partial charge on any atom is 0.266 e. The molecule has 0 aliphatic rings. The van der Waals surface area contributed by atoms with Crippen LogP contribution >= 0.6 is 11.3 Å². The van der Waals surface area contributed by atoms with Gasteiger partial charge in [-0.3, -0.25) is 4.72 Å². The van der Waals surface area contributed by atoms with E-state index in [4.69, 9.17) is 5.73 Å². The van der Waals surface area contributed by atoms with Gasteiger partial charge in [-0.25, -0.2) is 17.8 Å². The highest BCUT2D eigenvalue weighted by atomic mass is 32.2. The summed E-state index contributed by atoms with van der Waals surface area (Å²) >= 11 is 1.13. The first-order valence-corrected chi connectivity index (χ1v) is 7.25. The molecule has 0 spiro atoms. The molecular weight excluding hydrogens is 277 g/mol. The van der Waals surface area contributed by atoms with Crippen molar-refractivity contribution < 1.29 is 12.8 Å². The lowest BCUT2D eigenvalue weighted by Gasteiger charge is -2.06. The van der Waals surface area contributed by atoms with Gasteiger partial charge >= 0.3 is 0 Å². The summed E-state index contributed by atoms with van der Waals surface area (Å²) in [5.74, 6) is -0.893. The predicted octanol–water partition coefficient (Wildman–Crippen LogP) is 1.97. The van der Waals surface area contributed by atoms with Crippen LogP contribution in [0.4, 0.5) is 15.2 Å². The molecule has 0 radical (unpaired) electrons. The van der Waals surface area contributed by atoms with Gasteiger partial charge in [-0.2, -0.15) is 0 Å². The summed E-state index contributed by atoms with van der Waals surface area (Å²) in [6.07, 6.45) is 0. The van der Waals surface area contributed by atoms with Crippen LogP contribution in [0.2, 0.25) is 0 Å². The third-order valence-electron chi connectivity index (χ3n) is 2.09. The SMILES string of the molecule is Cc1csc(NS(=O)(=O)c2ccc(N)cc2F)n1. The molecule has 3 N–H and O–H groups in total. The van der Waals surface area contributed by atoms with Crippen molar-refractivity contribution >= 4 is 32.2 Å². The van der Waals surface area contributed by atoms with Gasteiger partial charge < -0.3 is 5.73 Å². The quantitative estimate of drug-likeness (QED) is 0.845. The van der Waals surface area contributed by atoms with E-state index in [0.29, 0.717) is 5.69 Å². The molecule has 0 unspecified atom stereocenters. The van der Waals surface area contributed by atoms with Crippen LogP contribution in [0.3, 0.4) is 0 Å². The number of thiazole rings is 1. The van der Waals surface area contributed by atoms with Crippen LogP contribution in [-0.4, -0.2) is 13.4 Å².